The third kappa shape index (κ3) is 5.25. The molecule has 2 aromatic carbocycles. The maximum Gasteiger partial charge on any atom is 0.338 e. The summed E-state index contributed by atoms with van der Waals surface area (Å²) < 4.78 is 42.0. The van der Waals surface area contributed by atoms with Gasteiger partial charge in [-0.15, -0.1) is 0 Å². The lowest BCUT2D eigenvalue weighted by Gasteiger charge is -2.29. The summed E-state index contributed by atoms with van der Waals surface area (Å²) in [7, 11) is -3.83. The van der Waals surface area contributed by atoms with Crippen molar-refractivity contribution in [2.45, 2.75) is 19.9 Å². The predicted octanol–water partition coefficient (Wildman–Crippen LogP) is 3.08. The summed E-state index contributed by atoms with van der Waals surface area (Å²) in [6.07, 6.45) is 1.01. The number of carbonyl (C=O) groups is 2. The molecule has 0 bridgehead atoms. The van der Waals surface area contributed by atoms with Crippen molar-refractivity contribution in [3.63, 3.8) is 0 Å². The van der Waals surface area contributed by atoms with Gasteiger partial charge in [0.25, 0.3) is 0 Å². The molecule has 0 saturated carbocycles. The minimum absolute atomic E-state index is 0.112. The second kappa shape index (κ2) is 9.66. The Balaban J connectivity index is 1.84. The van der Waals surface area contributed by atoms with Gasteiger partial charge < -0.3 is 19.5 Å². The van der Waals surface area contributed by atoms with Crippen molar-refractivity contribution in [1.29, 1.82) is 0 Å². The fraction of sp³-hybridized carbons (Fsp3) is 0.333. The van der Waals surface area contributed by atoms with Crippen LogP contribution in [0.3, 0.4) is 0 Å². The van der Waals surface area contributed by atoms with Gasteiger partial charge in [0.2, 0.25) is 15.9 Å². The molecule has 1 aliphatic heterocycles. The molecule has 172 valence electrons. The minimum atomic E-state index is -3.83. The molecule has 1 heterocycles. The minimum Gasteiger partial charge on any atom is -0.486 e. The zero-order valence-electron chi connectivity index (χ0n) is 17.8. The normalized spacial score (nSPS) is 13.8. The summed E-state index contributed by atoms with van der Waals surface area (Å²) >= 11 is 6.20. The van der Waals surface area contributed by atoms with E-state index in [2.05, 4.69) is 5.32 Å². The number of benzene rings is 2. The number of fused-ring (bicyclic) bond motifs is 1. The van der Waals surface area contributed by atoms with Crippen LogP contribution in [0.15, 0.2) is 36.4 Å². The summed E-state index contributed by atoms with van der Waals surface area (Å²) in [5, 5.41) is 2.72. The average Bonchev–Trinajstić information content (AvgIpc) is 2.74. The lowest BCUT2D eigenvalue weighted by atomic mass is 10.2. The van der Waals surface area contributed by atoms with Gasteiger partial charge in [-0.05, 0) is 44.2 Å². The fourth-order valence-electron chi connectivity index (χ4n) is 3.17. The molecule has 0 radical (unpaired) electrons. The number of ether oxygens (including phenoxy) is 3. The van der Waals surface area contributed by atoms with Gasteiger partial charge in [-0.3, -0.25) is 9.10 Å². The van der Waals surface area contributed by atoms with Gasteiger partial charge in [0.05, 0.1) is 34.8 Å². The molecule has 32 heavy (non-hydrogen) atoms. The van der Waals surface area contributed by atoms with E-state index < -0.39 is 27.9 Å². The van der Waals surface area contributed by atoms with Crippen LogP contribution in [0.5, 0.6) is 11.5 Å². The molecule has 11 heteroatoms. The number of amides is 1. The molecule has 0 saturated heterocycles. The predicted molar refractivity (Wildman–Crippen MR) is 120 cm³/mol. The third-order valence-electron chi connectivity index (χ3n) is 4.61. The zero-order valence-corrected chi connectivity index (χ0v) is 19.3. The fourth-order valence-corrected chi connectivity index (χ4v) is 4.57. The summed E-state index contributed by atoms with van der Waals surface area (Å²) in [4.78, 5) is 24.7. The van der Waals surface area contributed by atoms with E-state index in [9.17, 15) is 18.0 Å². The highest BCUT2D eigenvalue weighted by molar-refractivity contribution is 7.92. The van der Waals surface area contributed by atoms with Gasteiger partial charge in [0, 0.05) is 6.07 Å². The van der Waals surface area contributed by atoms with E-state index in [-0.39, 0.29) is 28.6 Å². The summed E-state index contributed by atoms with van der Waals surface area (Å²) in [5.74, 6) is -0.259. The van der Waals surface area contributed by atoms with E-state index >= 15 is 0 Å². The highest BCUT2D eigenvalue weighted by Crippen LogP contribution is 2.35. The number of nitrogens with zero attached hydrogens (tertiary/aromatic N) is 1. The molecule has 2 aromatic rings. The first-order valence-corrected chi connectivity index (χ1v) is 12.0. The molecule has 0 aromatic heterocycles. The average molecular weight is 483 g/mol. The van der Waals surface area contributed by atoms with E-state index in [0.29, 0.717) is 24.7 Å². The van der Waals surface area contributed by atoms with Crippen LogP contribution in [0.25, 0.3) is 0 Å². The lowest BCUT2D eigenvalue weighted by Crippen LogP contribution is -2.45. The smallest absolute Gasteiger partial charge is 0.338 e. The van der Waals surface area contributed by atoms with Crippen LogP contribution in [-0.2, 0) is 19.6 Å². The summed E-state index contributed by atoms with van der Waals surface area (Å²) in [6, 6.07) is 7.81. The standard InChI is InChI=1S/C21H23ClN2O7S/c1-4-29-21(26)14-5-7-17(16(22)11-14)23-20(25)13(2)24(32(3,27)28)15-6-8-18-19(12-15)31-10-9-30-18/h5-8,11-13H,4,9-10H2,1-3H3,(H,23,25). The number of hydrogen-bond acceptors (Lipinski definition) is 7. The number of esters is 1. The number of carbonyl (C=O) groups excluding carboxylic acids is 2. The maximum atomic E-state index is 12.9. The van der Waals surface area contributed by atoms with Crippen LogP contribution in [0.2, 0.25) is 5.02 Å². The van der Waals surface area contributed by atoms with Crippen molar-refractivity contribution in [2.24, 2.45) is 0 Å². The molecule has 9 nitrogen and oxygen atoms in total. The Kier molecular flexibility index (Phi) is 7.15. The van der Waals surface area contributed by atoms with Crippen molar-refractivity contribution < 1.29 is 32.2 Å². The monoisotopic (exact) mass is 482 g/mol. The van der Waals surface area contributed by atoms with Gasteiger partial charge in [-0.25, -0.2) is 13.2 Å². The molecule has 1 unspecified atom stereocenters. The Bertz CT molecular complexity index is 1140. The van der Waals surface area contributed by atoms with Gasteiger partial charge in [0.1, 0.15) is 19.3 Å². The van der Waals surface area contributed by atoms with Crippen LogP contribution in [0.1, 0.15) is 24.2 Å². The van der Waals surface area contributed by atoms with E-state index in [0.717, 1.165) is 10.6 Å². The Labute approximate surface area is 191 Å². The van der Waals surface area contributed by atoms with E-state index in [1.807, 2.05) is 0 Å². The SMILES string of the molecule is CCOC(=O)c1ccc(NC(=O)C(C)N(c2ccc3c(c2)OCCO3)S(C)(=O)=O)c(Cl)c1. The lowest BCUT2D eigenvalue weighted by molar-refractivity contribution is -0.116. The quantitative estimate of drug-likeness (QED) is 0.603. The first-order chi connectivity index (χ1) is 15.1. The van der Waals surface area contributed by atoms with E-state index in [1.54, 1.807) is 19.1 Å². The molecule has 3 rings (SSSR count). The highest BCUT2D eigenvalue weighted by Gasteiger charge is 2.30. The Morgan fingerprint density at radius 3 is 2.47 bits per heavy atom. The molecule has 1 atom stereocenters. The maximum absolute atomic E-state index is 12.9. The van der Waals surface area contributed by atoms with Crippen molar-refractivity contribution >= 4 is 44.9 Å². The van der Waals surface area contributed by atoms with Crippen molar-refractivity contribution in [3.05, 3.63) is 47.0 Å². The van der Waals surface area contributed by atoms with Crippen LogP contribution in [-0.4, -0.2) is 52.4 Å². The number of nitrogens with one attached hydrogen (secondary N) is 1. The van der Waals surface area contributed by atoms with Gasteiger partial charge >= 0.3 is 5.97 Å². The number of anilines is 2. The summed E-state index contributed by atoms with van der Waals surface area (Å²) in [5.41, 5.74) is 0.715. The second-order valence-electron chi connectivity index (χ2n) is 6.97. The molecule has 0 spiro atoms. The molecule has 0 aliphatic carbocycles. The Morgan fingerprint density at radius 1 is 1.16 bits per heavy atom. The van der Waals surface area contributed by atoms with Gasteiger partial charge in [-0.1, -0.05) is 11.6 Å². The molecule has 1 amide bonds. The molecule has 1 N–H and O–H groups in total. The number of rotatable bonds is 7. The first kappa shape index (κ1) is 23.7. The first-order valence-electron chi connectivity index (χ1n) is 9.78. The van der Waals surface area contributed by atoms with Crippen molar-refractivity contribution in [3.8, 4) is 11.5 Å². The second-order valence-corrected chi connectivity index (χ2v) is 9.23. The Morgan fingerprint density at radius 2 is 1.84 bits per heavy atom. The van der Waals surface area contributed by atoms with Crippen molar-refractivity contribution in [1.82, 2.24) is 0 Å². The van der Waals surface area contributed by atoms with Crippen LogP contribution in [0, 0.1) is 0 Å². The molecule has 0 fully saturated rings. The van der Waals surface area contributed by atoms with E-state index in [4.69, 9.17) is 25.8 Å². The van der Waals surface area contributed by atoms with Gasteiger partial charge in [0.15, 0.2) is 11.5 Å². The van der Waals surface area contributed by atoms with Crippen LogP contribution < -0.4 is 19.1 Å². The molecular formula is C21H23ClN2O7S. The highest BCUT2D eigenvalue weighted by atomic mass is 35.5. The zero-order chi connectivity index (χ0) is 23.5. The van der Waals surface area contributed by atoms with Crippen LogP contribution >= 0.6 is 11.6 Å². The topological polar surface area (TPSA) is 111 Å². The number of hydrogen-bond donors (Lipinski definition) is 1. The number of sulfonamides is 1. The Hall–Kier alpha value is -2.98. The summed E-state index contributed by atoms with van der Waals surface area (Å²) in [6.45, 7) is 4.09. The third-order valence-corrected chi connectivity index (χ3v) is 6.16. The van der Waals surface area contributed by atoms with E-state index in [1.165, 1.54) is 31.2 Å². The molecular weight excluding hydrogens is 460 g/mol. The van der Waals surface area contributed by atoms with Crippen molar-refractivity contribution in [2.75, 3.05) is 35.7 Å². The van der Waals surface area contributed by atoms with Gasteiger partial charge in [-0.2, -0.15) is 0 Å². The van der Waals surface area contributed by atoms with Crippen LogP contribution in [0.4, 0.5) is 11.4 Å². The number of halogens is 1. The molecule has 1 aliphatic rings. The largest absolute Gasteiger partial charge is 0.486 e.